The minimum Gasteiger partial charge on any atom is -0.256 e. The van der Waals surface area contributed by atoms with Crippen LogP contribution in [0.1, 0.15) is 57.4 Å². The number of unbranched alkanes of at least 4 members (excludes halogenated alkanes) is 6. The van der Waals surface area contributed by atoms with Gasteiger partial charge in [-0.15, -0.1) is 0 Å². The van der Waals surface area contributed by atoms with Gasteiger partial charge in [0.05, 0.1) is 5.69 Å². The number of rotatable bonds is 9. The highest BCUT2D eigenvalue weighted by Gasteiger charge is 1.99. The average Bonchev–Trinajstić information content (AvgIpc) is 2.55. The maximum absolute atomic E-state index is 4.39. The van der Waals surface area contributed by atoms with Crippen LogP contribution in [-0.2, 0) is 6.42 Å². The van der Waals surface area contributed by atoms with Crippen molar-refractivity contribution in [2.75, 3.05) is 0 Å². The number of aryl methyl sites for hydroxylation is 1. The summed E-state index contributed by atoms with van der Waals surface area (Å²) in [5.74, 6) is 0. The second-order valence-corrected chi connectivity index (χ2v) is 5.78. The highest BCUT2D eigenvalue weighted by atomic mass is 14.7. The molecular weight excluding hydrogens is 254 g/mol. The van der Waals surface area contributed by atoms with Crippen molar-refractivity contribution in [2.24, 2.45) is 0 Å². The number of benzene rings is 1. The van der Waals surface area contributed by atoms with Crippen molar-refractivity contribution in [3.05, 3.63) is 54.2 Å². The van der Waals surface area contributed by atoms with Crippen LogP contribution in [0.2, 0.25) is 0 Å². The molecule has 0 N–H and O–H groups in total. The summed E-state index contributed by atoms with van der Waals surface area (Å²) in [5.41, 5.74) is 3.71. The Kier molecular flexibility index (Phi) is 7.00. The van der Waals surface area contributed by atoms with Crippen molar-refractivity contribution < 1.29 is 0 Å². The van der Waals surface area contributed by atoms with Gasteiger partial charge in [0.25, 0.3) is 0 Å². The van der Waals surface area contributed by atoms with E-state index in [0.29, 0.717) is 0 Å². The first-order valence-corrected chi connectivity index (χ1v) is 8.40. The number of pyridine rings is 1. The zero-order chi connectivity index (χ0) is 14.8. The van der Waals surface area contributed by atoms with Gasteiger partial charge >= 0.3 is 0 Å². The average molecular weight is 281 g/mol. The van der Waals surface area contributed by atoms with Crippen LogP contribution in [0, 0.1) is 0 Å². The molecule has 1 heteroatoms. The molecule has 1 nitrogen and oxygen atoms in total. The number of aromatic nitrogens is 1. The Morgan fingerprint density at radius 1 is 0.762 bits per heavy atom. The molecule has 1 heterocycles. The van der Waals surface area contributed by atoms with E-state index in [1.165, 1.54) is 62.5 Å². The van der Waals surface area contributed by atoms with Gasteiger partial charge < -0.3 is 0 Å². The molecule has 1 aromatic carbocycles. The Balaban J connectivity index is 1.71. The first kappa shape index (κ1) is 15.8. The van der Waals surface area contributed by atoms with E-state index < -0.39 is 0 Å². The highest BCUT2D eigenvalue weighted by molar-refractivity contribution is 5.58. The van der Waals surface area contributed by atoms with Crippen LogP contribution in [0.25, 0.3) is 11.3 Å². The normalized spacial score (nSPS) is 10.7. The molecule has 0 amide bonds. The van der Waals surface area contributed by atoms with Crippen molar-refractivity contribution in [1.29, 1.82) is 0 Å². The standard InChI is InChI=1S/C20H27N/c1-2-3-4-5-6-7-8-11-18-13-15-19(16-14-18)20-12-9-10-17-21-20/h9-10,12-17H,2-8,11H2,1H3. The van der Waals surface area contributed by atoms with Crippen molar-refractivity contribution in [3.8, 4) is 11.3 Å². The maximum atomic E-state index is 4.39. The molecule has 1 aromatic heterocycles. The lowest BCUT2D eigenvalue weighted by molar-refractivity contribution is 0.589. The molecule has 0 saturated heterocycles. The van der Waals surface area contributed by atoms with Crippen LogP contribution < -0.4 is 0 Å². The predicted molar refractivity (Wildman–Crippen MR) is 91.4 cm³/mol. The van der Waals surface area contributed by atoms with Crippen LogP contribution in [0.5, 0.6) is 0 Å². The molecule has 0 saturated carbocycles. The summed E-state index contributed by atoms with van der Waals surface area (Å²) < 4.78 is 0. The first-order valence-electron chi connectivity index (χ1n) is 8.40. The summed E-state index contributed by atoms with van der Waals surface area (Å²) in [5, 5.41) is 0. The van der Waals surface area contributed by atoms with E-state index in [2.05, 4.69) is 42.2 Å². The van der Waals surface area contributed by atoms with Crippen LogP contribution in [-0.4, -0.2) is 4.98 Å². The molecule has 0 aliphatic carbocycles. The summed E-state index contributed by atoms with van der Waals surface area (Å²) in [4.78, 5) is 4.39. The lowest BCUT2D eigenvalue weighted by atomic mass is 10.0. The van der Waals surface area contributed by atoms with Gasteiger partial charge in [0.1, 0.15) is 0 Å². The molecule has 0 aliphatic rings. The summed E-state index contributed by atoms with van der Waals surface area (Å²) in [6, 6.07) is 14.9. The van der Waals surface area contributed by atoms with E-state index in [-0.39, 0.29) is 0 Å². The van der Waals surface area contributed by atoms with E-state index in [1.807, 2.05) is 18.3 Å². The topological polar surface area (TPSA) is 12.9 Å². The SMILES string of the molecule is CCCCCCCCCc1ccc(-c2ccccn2)cc1. The molecule has 2 rings (SSSR count). The number of hydrogen-bond donors (Lipinski definition) is 0. The third-order valence-corrected chi connectivity index (χ3v) is 3.98. The molecule has 0 atom stereocenters. The molecule has 112 valence electrons. The third-order valence-electron chi connectivity index (χ3n) is 3.98. The zero-order valence-electron chi connectivity index (χ0n) is 13.2. The fraction of sp³-hybridized carbons (Fsp3) is 0.450. The Morgan fingerprint density at radius 2 is 1.48 bits per heavy atom. The van der Waals surface area contributed by atoms with Gasteiger partial charge in [0.15, 0.2) is 0 Å². The van der Waals surface area contributed by atoms with Crippen molar-refractivity contribution >= 4 is 0 Å². The fourth-order valence-corrected chi connectivity index (χ4v) is 2.66. The Bertz CT molecular complexity index is 487. The smallest absolute Gasteiger partial charge is 0.0701 e. The monoisotopic (exact) mass is 281 g/mol. The first-order chi connectivity index (χ1) is 10.4. The quantitative estimate of drug-likeness (QED) is 0.510. The molecule has 0 fully saturated rings. The maximum Gasteiger partial charge on any atom is 0.0701 e. The van der Waals surface area contributed by atoms with Crippen LogP contribution in [0.15, 0.2) is 48.7 Å². The molecule has 0 bridgehead atoms. The van der Waals surface area contributed by atoms with Gasteiger partial charge in [-0.05, 0) is 30.5 Å². The van der Waals surface area contributed by atoms with E-state index >= 15 is 0 Å². The largest absolute Gasteiger partial charge is 0.256 e. The van der Waals surface area contributed by atoms with E-state index in [9.17, 15) is 0 Å². The van der Waals surface area contributed by atoms with E-state index in [0.717, 1.165) is 5.69 Å². The third kappa shape index (κ3) is 5.71. The van der Waals surface area contributed by atoms with Gasteiger partial charge in [-0.3, -0.25) is 4.98 Å². The van der Waals surface area contributed by atoms with Gasteiger partial charge in [0, 0.05) is 11.8 Å². The van der Waals surface area contributed by atoms with Gasteiger partial charge in [-0.2, -0.15) is 0 Å². The van der Waals surface area contributed by atoms with Crippen molar-refractivity contribution in [1.82, 2.24) is 4.98 Å². The van der Waals surface area contributed by atoms with Crippen molar-refractivity contribution in [2.45, 2.75) is 58.3 Å². The minimum absolute atomic E-state index is 1.06. The Hall–Kier alpha value is -1.63. The minimum atomic E-state index is 1.06. The molecular formula is C20H27N. The summed E-state index contributed by atoms with van der Waals surface area (Å²) >= 11 is 0. The lowest BCUT2D eigenvalue weighted by Crippen LogP contribution is -1.88. The van der Waals surface area contributed by atoms with Gasteiger partial charge in [0.2, 0.25) is 0 Å². The van der Waals surface area contributed by atoms with Crippen LogP contribution in [0.4, 0.5) is 0 Å². The molecule has 21 heavy (non-hydrogen) atoms. The second kappa shape index (κ2) is 9.33. The lowest BCUT2D eigenvalue weighted by Gasteiger charge is -2.04. The molecule has 0 spiro atoms. The molecule has 2 aromatic rings. The summed E-state index contributed by atoms with van der Waals surface area (Å²) in [6.07, 6.45) is 12.7. The predicted octanol–water partition coefficient (Wildman–Crippen LogP) is 6.04. The molecule has 0 aliphatic heterocycles. The second-order valence-electron chi connectivity index (χ2n) is 5.78. The molecule has 0 radical (unpaired) electrons. The van der Waals surface area contributed by atoms with E-state index in [1.54, 1.807) is 0 Å². The summed E-state index contributed by atoms with van der Waals surface area (Å²) in [6.45, 7) is 2.27. The fourth-order valence-electron chi connectivity index (χ4n) is 2.66. The molecule has 0 unspecified atom stereocenters. The Morgan fingerprint density at radius 3 is 2.14 bits per heavy atom. The number of hydrogen-bond acceptors (Lipinski definition) is 1. The number of nitrogens with zero attached hydrogens (tertiary/aromatic N) is 1. The zero-order valence-corrected chi connectivity index (χ0v) is 13.2. The van der Waals surface area contributed by atoms with Crippen LogP contribution in [0.3, 0.4) is 0 Å². The van der Waals surface area contributed by atoms with Crippen molar-refractivity contribution in [3.63, 3.8) is 0 Å². The Labute approximate surface area is 129 Å². The van der Waals surface area contributed by atoms with E-state index in [4.69, 9.17) is 0 Å². The van der Waals surface area contributed by atoms with Gasteiger partial charge in [-0.1, -0.05) is 75.8 Å². The highest BCUT2D eigenvalue weighted by Crippen LogP contribution is 2.18. The van der Waals surface area contributed by atoms with Crippen LogP contribution >= 0.6 is 0 Å². The summed E-state index contributed by atoms with van der Waals surface area (Å²) in [7, 11) is 0. The van der Waals surface area contributed by atoms with Gasteiger partial charge in [-0.25, -0.2) is 0 Å².